The highest BCUT2D eigenvalue weighted by atomic mass is 16.3. The molecule has 7 aromatic rings. The van der Waals surface area contributed by atoms with Crippen molar-refractivity contribution in [3.8, 4) is 5.75 Å². The van der Waals surface area contributed by atoms with Gasteiger partial charge in [0.05, 0.1) is 0 Å². The predicted molar refractivity (Wildman–Crippen MR) is 157 cm³/mol. The molecule has 0 atom stereocenters. The number of benzene rings is 7. The zero-order chi connectivity index (χ0) is 24.8. The van der Waals surface area contributed by atoms with E-state index in [1.54, 1.807) is 0 Å². The Morgan fingerprint density at radius 1 is 0.405 bits per heavy atom. The predicted octanol–water partition coefficient (Wildman–Crippen LogP) is 9.19. The maximum Gasteiger partial charge on any atom is 0.119 e. The van der Waals surface area contributed by atoms with Gasteiger partial charge >= 0.3 is 0 Å². The summed E-state index contributed by atoms with van der Waals surface area (Å²) >= 11 is 0. The molecule has 0 bridgehead atoms. The molecule has 7 rings (SSSR count). The van der Waals surface area contributed by atoms with Gasteiger partial charge in [-0.15, -0.1) is 0 Å². The van der Waals surface area contributed by atoms with Crippen LogP contribution in [0.3, 0.4) is 0 Å². The zero-order valence-electron chi connectivity index (χ0n) is 20.5. The summed E-state index contributed by atoms with van der Waals surface area (Å²) in [7, 11) is 0. The fraction of sp³-hybridized carbons (Fsp3) is 0.0556. The number of hydrogen-bond acceptors (Lipinski definition) is 1. The molecule has 0 aromatic heterocycles. The molecule has 0 radical (unpaired) electrons. The van der Waals surface area contributed by atoms with Gasteiger partial charge in [0.1, 0.15) is 5.75 Å². The van der Waals surface area contributed by atoms with Crippen LogP contribution in [0.25, 0.3) is 43.1 Å². The van der Waals surface area contributed by atoms with E-state index >= 15 is 0 Å². The van der Waals surface area contributed by atoms with Gasteiger partial charge in [-0.2, -0.15) is 0 Å². The molecule has 0 saturated carbocycles. The molecule has 1 heteroatoms. The fourth-order valence-corrected chi connectivity index (χ4v) is 5.88. The molecule has 0 unspecified atom stereocenters. The highest BCUT2D eigenvalue weighted by Crippen LogP contribution is 2.34. The first kappa shape index (κ1) is 21.6. The second-order valence-electron chi connectivity index (χ2n) is 9.91. The second-order valence-corrected chi connectivity index (χ2v) is 9.91. The van der Waals surface area contributed by atoms with Gasteiger partial charge in [-0.05, 0) is 90.0 Å². The number of aromatic hydroxyl groups is 1. The standard InChI is InChI=1S/C36H26O/c37-36-18-17-24(20-34-30-13-5-1-9-25(30)21-26-10-2-6-14-31(26)34)19-29(36)23-35-32-15-7-3-11-27(32)22-28-12-4-8-16-33(28)35/h1-19,21-22,37H,20,23H2. The zero-order valence-corrected chi connectivity index (χ0v) is 20.5. The molecule has 1 nitrogen and oxygen atoms in total. The summed E-state index contributed by atoms with van der Waals surface area (Å²) in [6.07, 6.45) is 1.49. The molecular weight excluding hydrogens is 448 g/mol. The normalized spacial score (nSPS) is 11.6. The molecule has 7 aromatic carbocycles. The highest BCUT2D eigenvalue weighted by Gasteiger charge is 2.13. The van der Waals surface area contributed by atoms with Crippen molar-refractivity contribution in [1.82, 2.24) is 0 Å². The topological polar surface area (TPSA) is 20.2 Å². The van der Waals surface area contributed by atoms with Crippen LogP contribution in [-0.4, -0.2) is 5.11 Å². The number of phenolic OH excluding ortho intramolecular Hbond substituents is 1. The van der Waals surface area contributed by atoms with Crippen molar-refractivity contribution >= 4 is 43.1 Å². The third-order valence-corrected chi connectivity index (χ3v) is 7.66. The van der Waals surface area contributed by atoms with Gasteiger partial charge < -0.3 is 5.11 Å². The van der Waals surface area contributed by atoms with Gasteiger partial charge in [0.25, 0.3) is 0 Å². The molecule has 0 amide bonds. The molecule has 0 aliphatic carbocycles. The van der Waals surface area contributed by atoms with Crippen LogP contribution in [0.2, 0.25) is 0 Å². The van der Waals surface area contributed by atoms with Crippen molar-refractivity contribution < 1.29 is 5.11 Å². The van der Waals surface area contributed by atoms with E-state index in [4.69, 9.17) is 0 Å². The lowest BCUT2D eigenvalue weighted by atomic mass is 9.90. The lowest BCUT2D eigenvalue weighted by Crippen LogP contribution is -1.97. The average molecular weight is 475 g/mol. The van der Waals surface area contributed by atoms with Crippen LogP contribution in [0.1, 0.15) is 22.3 Å². The minimum atomic E-state index is 0.351. The molecule has 0 aliphatic rings. The minimum Gasteiger partial charge on any atom is -0.508 e. The molecule has 0 saturated heterocycles. The molecule has 0 aliphatic heterocycles. The summed E-state index contributed by atoms with van der Waals surface area (Å²) in [6.45, 7) is 0. The first-order valence-electron chi connectivity index (χ1n) is 12.8. The number of hydrogen-bond donors (Lipinski definition) is 1. The third kappa shape index (κ3) is 3.80. The maximum absolute atomic E-state index is 11.0. The van der Waals surface area contributed by atoms with Crippen molar-refractivity contribution in [3.05, 3.63) is 150 Å². The summed E-state index contributed by atoms with van der Waals surface area (Å²) in [6, 6.07) is 45.1. The van der Waals surface area contributed by atoms with Crippen molar-refractivity contribution in [3.63, 3.8) is 0 Å². The Labute approximate surface area is 216 Å². The lowest BCUT2D eigenvalue weighted by Gasteiger charge is -2.15. The molecule has 0 heterocycles. The van der Waals surface area contributed by atoms with E-state index in [0.717, 1.165) is 12.0 Å². The smallest absolute Gasteiger partial charge is 0.119 e. The Morgan fingerprint density at radius 3 is 1.27 bits per heavy atom. The average Bonchev–Trinajstić information content (AvgIpc) is 2.94. The van der Waals surface area contributed by atoms with Crippen molar-refractivity contribution in [2.75, 3.05) is 0 Å². The van der Waals surface area contributed by atoms with Crippen molar-refractivity contribution in [2.45, 2.75) is 12.8 Å². The van der Waals surface area contributed by atoms with E-state index in [-0.39, 0.29) is 0 Å². The molecule has 37 heavy (non-hydrogen) atoms. The monoisotopic (exact) mass is 474 g/mol. The van der Waals surface area contributed by atoms with E-state index in [1.807, 2.05) is 6.07 Å². The van der Waals surface area contributed by atoms with E-state index in [2.05, 4.69) is 121 Å². The van der Waals surface area contributed by atoms with Crippen LogP contribution in [0.4, 0.5) is 0 Å². The fourth-order valence-electron chi connectivity index (χ4n) is 5.88. The van der Waals surface area contributed by atoms with Gasteiger partial charge in [-0.1, -0.05) is 109 Å². The van der Waals surface area contributed by atoms with E-state index in [0.29, 0.717) is 12.2 Å². The highest BCUT2D eigenvalue weighted by molar-refractivity contribution is 6.03. The number of fused-ring (bicyclic) bond motifs is 4. The number of rotatable bonds is 4. The van der Waals surface area contributed by atoms with Gasteiger partial charge in [0.2, 0.25) is 0 Å². The van der Waals surface area contributed by atoms with E-state index < -0.39 is 0 Å². The van der Waals surface area contributed by atoms with Crippen molar-refractivity contribution in [1.29, 1.82) is 0 Å². The Hall–Kier alpha value is -4.62. The lowest BCUT2D eigenvalue weighted by molar-refractivity contribution is 0.469. The van der Waals surface area contributed by atoms with Crippen LogP contribution in [0.5, 0.6) is 5.75 Å². The van der Waals surface area contributed by atoms with Gasteiger partial charge in [0, 0.05) is 6.42 Å². The molecule has 1 N–H and O–H groups in total. The van der Waals surface area contributed by atoms with Crippen LogP contribution < -0.4 is 0 Å². The van der Waals surface area contributed by atoms with E-state index in [1.165, 1.54) is 59.8 Å². The first-order chi connectivity index (χ1) is 18.2. The van der Waals surface area contributed by atoms with E-state index in [9.17, 15) is 5.11 Å². The first-order valence-corrected chi connectivity index (χ1v) is 12.8. The summed E-state index contributed by atoms with van der Waals surface area (Å²) in [4.78, 5) is 0. The minimum absolute atomic E-state index is 0.351. The Bertz CT molecular complexity index is 1840. The Balaban J connectivity index is 1.36. The maximum atomic E-state index is 11.0. The Morgan fingerprint density at radius 2 is 0.811 bits per heavy atom. The number of phenols is 1. The third-order valence-electron chi connectivity index (χ3n) is 7.66. The second kappa shape index (κ2) is 8.80. The van der Waals surface area contributed by atoms with Gasteiger partial charge in [0.15, 0.2) is 0 Å². The summed E-state index contributed by atoms with van der Waals surface area (Å²) in [5.41, 5.74) is 4.76. The molecular formula is C36H26O. The van der Waals surface area contributed by atoms with Crippen LogP contribution in [0, 0.1) is 0 Å². The molecule has 176 valence electrons. The summed E-state index contributed by atoms with van der Waals surface area (Å²) in [5, 5.41) is 21.0. The quantitative estimate of drug-likeness (QED) is 0.252. The SMILES string of the molecule is Oc1ccc(Cc2c3ccccc3cc3ccccc23)cc1Cc1c2ccccc2cc2ccccc12. The van der Waals surface area contributed by atoms with Crippen LogP contribution >= 0.6 is 0 Å². The Kier molecular flexibility index (Phi) is 5.15. The van der Waals surface area contributed by atoms with Gasteiger partial charge in [-0.3, -0.25) is 0 Å². The van der Waals surface area contributed by atoms with Crippen molar-refractivity contribution in [2.24, 2.45) is 0 Å². The summed E-state index contributed by atoms with van der Waals surface area (Å²) < 4.78 is 0. The molecule has 0 spiro atoms. The van der Waals surface area contributed by atoms with Crippen LogP contribution in [-0.2, 0) is 12.8 Å². The van der Waals surface area contributed by atoms with Gasteiger partial charge in [-0.25, -0.2) is 0 Å². The summed E-state index contributed by atoms with van der Waals surface area (Å²) in [5.74, 6) is 0.351. The van der Waals surface area contributed by atoms with Crippen LogP contribution in [0.15, 0.2) is 127 Å². The molecule has 0 fully saturated rings. The largest absolute Gasteiger partial charge is 0.508 e.